The van der Waals surface area contributed by atoms with Crippen molar-refractivity contribution in [1.82, 2.24) is 4.98 Å². The SMILES string of the molecule is Cc1cc(C2(N)CCCCC2)cc2cc[nH]c12. The zero-order valence-corrected chi connectivity index (χ0v) is 10.4. The highest BCUT2D eigenvalue weighted by Crippen LogP contribution is 2.36. The molecule has 0 bridgehead atoms. The number of H-pyrrole nitrogens is 1. The molecule has 0 spiro atoms. The predicted molar refractivity (Wildman–Crippen MR) is 72.0 cm³/mol. The summed E-state index contributed by atoms with van der Waals surface area (Å²) in [5.74, 6) is 0. The van der Waals surface area contributed by atoms with Crippen LogP contribution in [0.25, 0.3) is 10.9 Å². The van der Waals surface area contributed by atoms with Crippen molar-refractivity contribution in [2.45, 2.75) is 44.6 Å². The number of fused-ring (bicyclic) bond motifs is 1. The fraction of sp³-hybridized carbons (Fsp3) is 0.467. The Kier molecular flexibility index (Phi) is 2.48. The average molecular weight is 228 g/mol. The van der Waals surface area contributed by atoms with Crippen molar-refractivity contribution in [2.24, 2.45) is 5.73 Å². The van der Waals surface area contributed by atoms with Crippen LogP contribution in [0.5, 0.6) is 0 Å². The number of nitrogens with two attached hydrogens (primary N) is 1. The summed E-state index contributed by atoms with van der Waals surface area (Å²) < 4.78 is 0. The molecule has 3 rings (SSSR count). The lowest BCUT2D eigenvalue weighted by molar-refractivity contribution is 0.302. The molecular weight excluding hydrogens is 208 g/mol. The molecule has 0 radical (unpaired) electrons. The zero-order chi connectivity index (χ0) is 11.9. The van der Waals surface area contributed by atoms with Crippen molar-refractivity contribution < 1.29 is 0 Å². The van der Waals surface area contributed by atoms with Gasteiger partial charge in [-0.05, 0) is 48.4 Å². The van der Waals surface area contributed by atoms with Crippen LogP contribution in [0.2, 0.25) is 0 Å². The molecule has 3 N–H and O–H groups in total. The van der Waals surface area contributed by atoms with Gasteiger partial charge in [-0.25, -0.2) is 0 Å². The van der Waals surface area contributed by atoms with Gasteiger partial charge in [0.05, 0.1) is 0 Å². The van der Waals surface area contributed by atoms with Gasteiger partial charge in [0, 0.05) is 17.3 Å². The highest BCUT2D eigenvalue weighted by Gasteiger charge is 2.29. The van der Waals surface area contributed by atoms with Gasteiger partial charge in [0.2, 0.25) is 0 Å². The molecule has 2 nitrogen and oxygen atoms in total. The number of aromatic amines is 1. The summed E-state index contributed by atoms with van der Waals surface area (Å²) in [5.41, 5.74) is 10.4. The Hall–Kier alpha value is -1.28. The maximum Gasteiger partial charge on any atom is 0.0483 e. The van der Waals surface area contributed by atoms with Gasteiger partial charge in [0.15, 0.2) is 0 Å². The first kappa shape index (κ1) is 10.8. The number of hydrogen-bond acceptors (Lipinski definition) is 1. The largest absolute Gasteiger partial charge is 0.361 e. The van der Waals surface area contributed by atoms with E-state index >= 15 is 0 Å². The van der Waals surface area contributed by atoms with E-state index in [9.17, 15) is 0 Å². The summed E-state index contributed by atoms with van der Waals surface area (Å²) in [7, 11) is 0. The van der Waals surface area contributed by atoms with Gasteiger partial charge in [0.1, 0.15) is 0 Å². The highest BCUT2D eigenvalue weighted by atomic mass is 14.7. The van der Waals surface area contributed by atoms with Crippen LogP contribution in [0, 0.1) is 6.92 Å². The van der Waals surface area contributed by atoms with E-state index in [0.717, 1.165) is 12.8 Å². The van der Waals surface area contributed by atoms with Crippen LogP contribution in [0.1, 0.15) is 43.2 Å². The maximum absolute atomic E-state index is 6.60. The molecule has 0 aliphatic heterocycles. The third-order valence-corrected chi connectivity index (χ3v) is 4.18. The molecule has 0 amide bonds. The normalized spacial score (nSPS) is 19.6. The van der Waals surface area contributed by atoms with Crippen molar-refractivity contribution in [1.29, 1.82) is 0 Å². The second-order valence-electron chi connectivity index (χ2n) is 5.45. The van der Waals surface area contributed by atoms with Crippen LogP contribution in [0.4, 0.5) is 0 Å². The lowest BCUT2D eigenvalue weighted by Crippen LogP contribution is -2.38. The Morgan fingerprint density at radius 3 is 2.71 bits per heavy atom. The monoisotopic (exact) mass is 228 g/mol. The summed E-state index contributed by atoms with van der Waals surface area (Å²) >= 11 is 0. The van der Waals surface area contributed by atoms with E-state index in [1.807, 2.05) is 6.20 Å². The van der Waals surface area contributed by atoms with Crippen LogP contribution in [-0.4, -0.2) is 4.98 Å². The molecule has 0 unspecified atom stereocenters. The van der Waals surface area contributed by atoms with E-state index < -0.39 is 0 Å². The van der Waals surface area contributed by atoms with Gasteiger partial charge in [-0.3, -0.25) is 0 Å². The molecule has 1 aromatic heterocycles. The van der Waals surface area contributed by atoms with E-state index in [4.69, 9.17) is 5.73 Å². The minimum absolute atomic E-state index is 0.0888. The molecule has 0 atom stereocenters. The Labute approximate surface area is 102 Å². The topological polar surface area (TPSA) is 41.8 Å². The van der Waals surface area contributed by atoms with Crippen molar-refractivity contribution in [3.05, 3.63) is 35.5 Å². The average Bonchev–Trinajstić information content (AvgIpc) is 2.78. The second kappa shape index (κ2) is 3.88. The van der Waals surface area contributed by atoms with Crippen molar-refractivity contribution >= 4 is 10.9 Å². The molecule has 1 heterocycles. The number of benzene rings is 1. The van der Waals surface area contributed by atoms with Crippen molar-refractivity contribution in [2.75, 3.05) is 0 Å². The Morgan fingerprint density at radius 2 is 1.94 bits per heavy atom. The number of aromatic nitrogens is 1. The van der Waals surface area contributed by atoms with E-state index in [-0.39, 0.29) is 5.54 Å². The van der Waals surface area contributed by atoms with Gasteiger partial charge in [-0.2, -0.15) is 0 Å². The van der Waals surface area contributed by atoms with Crippen molar-refractivity contribution in [3.63, 3.8) is 0 Å². The van der Waals surface area contributed by atoms with Crippen molar-refractivity contribution in [3.8, 4) is 0 Å². The number of nitrogens with one attached hydrogen (secondary N) is 1. The van der Waals surface area contributed by atoms with Crippen LogP contribution in [0.3, 0.4) is 0 Å². The lowest BCUT2D eigenvalue weighted by Gasteiger charge is -2.34. The summed E-state index contributed by atoms with van der Waals surface area (Å²) in [6.07, 6.45) is 8.13. The molecular formula is C15H20N2. The molecule has 2 heteroatoms. The Balaban J connectivity index is 2.10. The quantitative estimate of drug-likeness (QED) is 0.769. The first-order chi connectivity index (χ1) is 8.19. The highest BCUT2D eigenvalue weighted by molar-refractivity contribution is 5.83. The molecule has 2 aromatic rings. The van der Waals surface area contributed by atoms with Crippen LogP contribution in [0.15, 0.2) is 24.4 Å². The van der Waals surface area contributed by atoms with E-state index in [1.165, 1.54) is 41.3 Å². The standard InChI is InChI=1S/C15H20N2/c1-11-9-13(10-12-5-8-17-14(11)12)15(16)6-3-2-4-7-15/h5,8-10,17H,2-4,6-7,16H2,1H3. The predicted octanol–water partition coefficient (Wildman–Crippen LogP) is 3.59. The molecule has 1 fully saturated rings. The fourth-order valence-corrected chi connectivity index (χ4v) is 3.12. The summed E-state index contributed by atoms with van der Waals surface area (Å²) in [5, 5.41) is 1.29. The molecule has 90 valence electrons. The number of aryl methyl sites for hydroxylation is 1. The van der Waals surface area contributed by atoms with Gasteiger partial charge in [0.25, 0.3) is 0 Å². The Bertz CT molecular complexity index is 533. The number of hydrogen-bond donors (Lipinski definition) is 2. The minimum Gasteiger partial charge on any atom is -0.361 e. The smallest absolute Gasteiger partial charge is 0.0483 e. The van der Waals surface area contributed by atoms with Gasteiger partial charge in [-0.1, -0.05) is 25.3 Å². The van der Waals surface area contributed by atoms with Crippen LogP contribution < -0.4 is 5.73 Å². The molecule has 17 heavy (non-hydrogen) atoms. The molecule has 1 aliphatic rings. The molecule has 1 saturated carbocycles. The van der Waals surface area contributed by atoms with Crippen LogP contribution >= 0.6 is 0 Å². The van der Waals surface area contributed by atoms with Gasteiger partial charge >= 0.3 is 0 Å². The third-order valence-electron chi connectivity index (χ3n) is 4.18. The summed E-state index contributed by atoms with van der Waals surface area (Å²) in [4.78, 5) is 3.29. The van der Waals surface area contributed by atoms with E-state index in [0.29, 0.717) is 0 Å². The second-order valence-corrected chi connectivity index (χ2v) is 5.45. The molecule has 1 aromatic carbocycles. The third kappa shape index (κ3) is 1.77. The molecule has 0 saturated heterocycles. The Morgan fingerprint density at radius 1 is 1.18 bits per heavy atom. The van der Waals surface area contributed by atoms with E-state index in [2.05, 4.69) is 30.1 Å². The maximum atomic E-state index is 6.60. The molecule has 1 aliphatic carbocycles. The summed E-state index contributed by atoms with van der Waals surface area (Å²) in [6, 6.07) is 6.67. The zero-order valence-electron chi connectivity index (χ0n) is 10.4. The minimum atomic E-state index is -0.0888. The fourth-order valence-electron chi connectivity index (χ4n) is 3.12. The summed E-state index contributed by atoms with van der Waals surface area (Å²) in [6.45, 7) is 2.16. The first-order valence-electron chi connectivity index (χ1n) is 6.56. The van der Waals surface area contributed by atoms with Gasteiger partial charge < -0.3 is 10.7 Å². The van der Waals surface area contributed by atoms with Gasteiger partial charge in [-0.15, -0.1) is 0 Å². The van der Waals surface area contributed by atoms with E-state index in [1.54, 1.807) is 0 Å². The first-order valence-corrected chi connectivity index (χ1v) is 6.56. The lowest BCUT2D eigenvalue weighted by atomic mass is 9.77. The number of rotatable bonds is 1. The van der Waals surface area contributed by atoms with Crippen LogP contribution in [-0.2, 0) is 5.54 Å².